The molecule has 1 aromatic heterocycles. The average molecular weight is 535 g/mol. The van der Waals surface area contributed by atoms with Crippen LogP contribution in [-0.2, 0) is 11.8 Å². The highest BCUT2D eigenvalue weighted by molar-refractivity contribution is 9.10. The summed E-state index contributed by atoms with van der Waals surface area (Å²) in [5.74, 6) is 1.25. The van der Waals surface area contributed by atoms with Gasteiger partial charge in [-0.1, -0.05) is 24.3 Å². The zero-order chi connectivity index (χ0) is 24.5. The summed E-state index contributed by atoms with van der Waals surface area (Å²) < 4.78 is 14.1. The van der Waals surface area contributed by atoms with E-state index >= 15 is 0 Å². The lowest BCUT2D eigenvalue weighted by Gasteiger charge is -2.19. The van der Waals surface area contributed by atoms with Gasteiger partial charge in [0, 0.05) is 23.1 Å². The first-order valence-electron chi connectivity index (χ1n) is 11.1. The third kappa shape index (κ3) is 4.59. The molecule has 9 heteroatoms. The fraction of sp³-hybridized carbons (Fsp3) is 0.192. The van der Waals surface area contributed by atoms with E-state index in [1.807, 2.05) is 61.6 Å². The molecular weight excluding hydrogens is 512 g/mol. The van der Waals surface area contributed by atoms with Crippen LogP contribution < -0.4 is 14.8 Å². The highest BCUT2D eigenvalue weighted by Crippen LogP contribution is 2.40. The number of nitrogens with one attached hydrogen (secondary N) is 1. The Morgan fingerprint density at radius 2 is 1.97 bits per heavy atom. The molecule has 35 heavy (non-hydrogen) atoms. The van der Waals surface area contributed by atoms with Crippen LogP contribution in [0.1, 0.15) is 12.5 Å². The molecule has 1 aliphatic rings. The van der Waals surface area contributed by atoms with Gasteiger partial charge < -0.3 is 19.9 Å². The van der Waals surface area contributed by atoms with E-state index in [2.05, 4.69) is 31.3 Å². The monoisotopic (exact) mass is 534 g/mol. The molecule has 0 aliphatic carbocycles. The Hall–Kier alpha value is -3.85. The minimum absolute atomic E-state index is 0.540. The van der Waals surface area contributed by atoms with Crippen molar-refractivity contribution in [3.05, 3.63) is 64.6 Å². The van der Waals surface area contributed by atoms with Crippen molar-refractivity contribution in [1.29, 1.82) is 0 Å². The number of carbonyl (C=O) groups is 1. The number of halogens is 1. The fourth-order valence-corrected chi connectivity index (χ4v) is 4.49. The number of aliphatic imine (C=N–C) groups is 1. The van der Waals surface area contributed by atoms with Crippen LogP contribution in [0.5, 0.6) is 11.5 Å². The minimum Gasteiger partial charge on any atom is -0.486 e. The van der Waals surface area contributed by atoms with Gasteiger partial charge in [0.05, 0.1) is 11.2 Å². The van der Waals surface area contributed by atoms with Gasteiger partial charge in [-0.25, -0.2) is 4.79 Å². The number of benzene rings is 3. The van der Waals surface area contributed by atoms with Gasteiger partial charge in [0.15, 0.2) is 17.3 Å². The molecule has 0 saturated heterocycles. The van der Waals surface area contributed by atoms with Gasteiger partial charge in [0.2, 0.25) is 0 Å². The molecule has 178 valence electrons. The van der Waals surface area contributed by atoms with Crippen LogP contribution in [0.15, 0.2) is 64.1 Å². The Morgan fingerprint density at radius 3 is 2.77 bits per heavy atom. The standard InChI is InChI=1S/C26H23BrN4O4/c1-15(26(32)33)28-14-16-6-8-19-21(12-16)31(2)30-25(19)29-20-5-3-4-18(24(20)27)17-7-9-22-23(13-17)35-11-10-34-22/h3-9,12-15H,10-11H2,1-2H3,(H,29,30)(H,32,33). The van der Waals surface area contributed by atoms with Crippen LogP contribution in [-0.4, -0.2) is 46.3 Å². The van der Waals surface area contributed by atoms with E-state index in [-0.39, 0.29) is 0 Å². The van der Waals surface area contributed by atoms with Gasteiger partial charge in [-0.15, -0.1) is 0 Å². The van der Waals surface area contributed by atoms with Gasteiger partial charge >= 0.3 is 5.97 Å². The molecule has 2 N–H and O–H groups in total. The predicted octanol–water partition coefficient (Wildman–Crippen LogP) is 5.41. The molecule has 0 amide bonds. The molecule has 1 unspecified atom stereocenters. The van der Waals surface area contributed by atoms with Gasteiger partial charge in [0.1, 0.15) is 19.3 Å². The zero-order valence-electron chi connectivity index (χ0n) is 19.2. The molecule has 0 radical (unpaired) electrons. The predicted molar refractivity (Wildman–Crippen MR) is 139 cm³/mol. The normalized spacial score (nSPS) is 13.8. The van der Waals surface area contributed by atoms with E-state index in [4.69, 9.17) is 14.6 Å². The molecule has 0 saturated carbocycles. The third-order valence-electron chi connectivity index (χ3n) is 5.79. The molecule has 1 aliphatic heterocycles. The van der Waals surface area contributed by atoms with Crippen molar-refractivity contribution in [1.82, 2.24) is 9.78 Å². The summed E-state index contributed by atoms with van der Waals surface area (Å²) in [6, 6.07) is 16.9. The van der Waals surface area contributed by atoms with E-state index in [0.29, 0.717) is 19.0 Å². The van der Waals surface area contributed by atoms with Crippen LogP contribution in [0, 0.1) is 0 Å². The molecule has 2 heterocycles. The highest BCUT2D eigenvalue weighted by Gasteiger charge is 2.16. The maximum Gasteiger partial charge on any atom is 0.328 e. The quantitative estimate of drug-likeness (QED) is 0.321. The minimum atomic E-state index is -0.960. The number of ether oxygens (including phenoxy) is 2. The Kier molecular flexibility index (Phi) is 6.17. The summed E-state index contributed by atoms with van der Waals surface area (Å²) in [5, 5.41) is 18.1. The molecule has 0 fully saturated rings. The van der Waals surface area contributed by atoms with E-state index < -0.39 is 12.0 Å². The van der Waals surface area contributed by atoms with E-state index in [0.717, 1.165) is 49.3 Å². The Morgan fingerprint density at radius 1 is 1.17 bits per heavy atom. The summed E-state index contributed by atoms with van der Waals surface area (Å²) >= 11 is 3.77. The number of aromatic nitrogens is 2. The SMILES string of the molecule is CC(N=Cc1ccc2c(Nc3cccc(-c4ccc5c(c4)OCCO5)c3Br)nn(C)c2c1)C(=O)O. The lowest BCUT2D eigenvalue weighted by molar-refractivity contribution is -0.137. The molecule has 5 rings (SSSR count). The Balaban J connectivity index is 1.45. The molecule has 4 aromatic rings. The second-order valence-electron chi connectivity index (χ2n) is 8.19. The Bertz CT molecular complexity index is 1460. The highest BCUT2D eigenvalue weighted by atomic mass is 79.9. The van der Waals surface area contributed by atoms with Gasteiger partial charge in [-0.3, -0.25) is 9.67 Å². The van der Waals surface area contributed by atoms with Crippen molar-refractivity contribution in [3.63, 3.8) is 0 Å². The van der Waals surface area contributed by atoms with E-state index in [1.165, 1.54) is 0 Å². The second-order valence-corrected chi connectivity index (χ2v) is 8.98. The maximum atomic E-state index is 11.0. The van der Waals surface area contributed by atoms with Crippen molar-refractivity contribution in [2.24, 2.45) is 12.0 Å². The van der Waals surface area contributed by atoms with Crippen molar-refractivity contribution >= 4 is 50.5 Å². The molecule has 1 atom stereocenters. The van der Waals surface area contributed by atoms with Crippen molar-refractivity contribution < 1.29 is 19.4 Å². The number of fused-ring (bicyclic) bond motifs is 2. The van der Waals surface area contributed by atoms with Crippen molar-refractivity contribution in [2.75, 3.05) is 18.5 Å². The van der Waals surface area contributed by atoms with Crippen LogP contribution in [0.2, 0.25) is 0 Å². The molecular formula is C26H23BrN4O4. The fourth-order valence-electron chi connectivity index (χ4n) is 3.90. The Labute approximate surface area is 210 Å². The lowest BCUT2D eigenvalue weighted by atomic mass is 10.0. The number of carboxylic acid groups (broad SMARTS) is 1. The number of carboxylic acids is 1. The number of aryl methyl sites for hydroxylation is 1. The first-order valence-corrected chi connectivity index (χ1v) is 11.9. The summed E-state index contributed by atoms with van der Waals surface area (Å²) in [5.41, 5.74) is 4.60. The summed E-state index contributed by atoms with van der Waals surface area (Å²) in [6.07, 6.45) is 1.58. The van der Waals surface area contributed by atoms with Crippen LogP contribution >= 0.6 is 15.9 Å². The van der Waals surface area contributed by atoms with Crippen molar-refractivity contribution in [3.8, 4) is 22.6 Å². The first-order chi connectivity index (χ1) is 16.9. The van der Waals surface area contributed by atoms with Gasteiger partial charge in [0.25, 0.3) is 0 Å². The number of hydrogen-bond acceptors (Lipinski definition) is 6. The third-order valence-corrected chi connectivity index (χ3v) is 6.64. The second kappa shape index (κ2) is 9.42. The number of hydrogen-bond donors (Lipinski definition) is 2. The van der Waals surface area contributed by atoms with Crippen LogP contribution in [0.4, 0.5) is 11.5 Å². The maximum absolute atomic E-state index is 11.0. The number of anilines is 2. The molecule has 3 aromatic carbocycles. The largest absolute Gasteiger partial charge is 0.486 e. The van der Waals surface area contributed by atoms with Crippen molar-refractivity contribution in [2.45, 2.75) is 13.0 Å². The van der Waals surface area contributed by atoms with Gasteiger partial charge in [-0.05, 0) is 69.9 Å². The molecule has 0 spiro atoms. The smallest absolute Gasteiger partial charge is 0.328 e. The molecule has 8 nitrogen and oxygen atoms in total. The average Bonchev–Trinajstić information content (AvgIpc) is 3.17. The summed E-state index contributed by atoms with van der Waals surface area (Å²) in [6.45, 7) is 2.64. The number of rotatable bonds is 6. The van der Waals surface area contributed by atoms with Crippen LogP contribution in [0.25, 0.3) is 22.0 Å². The summed E-state index contributed by atoms with van der Waals surface area (Å²) in [4.78, 5) is 15.1. The van der Waals surface area contributed by atoms with Crippen LogP contribution in [0.3, 0.4) is 0 Å². The number of aliphatic carboxylic acids is 1. The van der Waals surface area contributed by atoms with Gasteiger partial charge in [-0.2, -0.15) is 5.10 Å². The number of nitrogens with zero attached hydrogens (tertiary/aromatic N) is 3. The zero-order valence-corrected chi connectivity index (χ0v) is 20.7. The summed E-state index contributed by atoms with van der Waals surface area (Å²) in [7, 11) is 1.87. The first kappa shape index (κ1) is 22.9. The van der Waals surface area contributed by atoms with E-state index in [9.17, 15) is 4.79 Å². The van der Waals surface area contributed by atoms with E-state index in [1.54, 1.807) is 17.8 Å². The topological polar surface area (TPSA) is 98.0 Å². The lowest BCUT2D eigenvalue weighted by Crippen LogP contribution is -2.15. The molecule has 0 bridgehead atoms.